The molecule has 0 unspecified atom stereocenters. The molecule has 10 nitrogen and oxygen atoms in total. The zero-order valence-electron chi connectivity index (χ0n) is 22.9. The number of carbonyl (C=O) groups excluding carboxylic acids is 2. The summed E-state index contributed by atoms with van der Waals surface area (Å²) in [5, 5.41) is 16.4. The number of nitro groups is 1. The van der Waals surface area contributed by atoms with E-state index in [0.29, 0.717) is 0 Å². The largest absolute Gasteiger partial charge is 0.444 e. The van der Waals surface area contributed by atoms with E-state index in [1.54, 1.807) is 32.9 Å². The van der Waals surface area contributed by atoms with E-state index in [9.17, 15) is 19.7 Å². The van der Waals surface area contributed by atoms with Gasteiger partial charge in [-0.2, -0.15) is 0 Å². The van der Waals surface area contributed by atoms with Gasteiger partial charge in [0.1, 0.15) is 11.2 Å². The minimum Gasteiger partial charge on any atom is -0.444 e. The van der Waals surface area contributed by atoms with E-state index < -0.39 is 27.8 Å². The first-order chi connectivity index (χ1) is 17.5. The van der Waals surface area contributed by atoms with Crippen molar-refractivity contribution in [2.75, 3.05) is 5.73 Å². The number of hydrogen-bond acceptors (Lipinski definition) is 7. The fourth-order valence-corrected chi connectivity index (χ4v) is 3.92. The molecule has 2 fully saturated rings. The number of rotatable bonds is 5. The average Bonchev–Trinajstić information content (AvgIpc) is 3.70. The summed E-state index contributed by atoms with van der Waals surface area (Å²) in [7, 11) is 0. The predicted octanol–water partition coefficient (Wildman–Crippen LogP) is 5.89. The first-order valence-corrected chi connectivity index (χ1v) is 12.7. The van der Waals surface area contributed by atoms with Gasteiger partial charge >= 0.3 is 12.2 Å². The molecule has 2 saturated carbocycles. The van der Waals surface area contributed by atoms with E-state index >= 15 is 0 Å². The molecule has 2 amide bonds. The SMILES string of the molecule is CC(C)(C)OC(=O)NC1(c2ccc(N)cc2)CC1.CC(C)(C)OC(=O)NC1(c2ccc([N+](=O)[O-])cc2)CC1. The van der Waals surface area contributed by atoms with Gasteiger partial charge in [0.25, 0.3) is 5.69 Å². The van der Waals surface area contributed by atoms with Gasteiger partial charge in [-0.25, -0.2) is 9.59 Å². The van der Waals surface area contributed by atoms with E-state index in [4.69, 9.17) is 15.2 Å². The maximum atomic E-state index is 11.8. The van der Waals surface area contributed by atoms with Crippen LogP contribution in [0.3, 0.4) is 0 Å². The third-order valence-corrected chi connectivity index (χ3v) is 6.07. The van der Waals surface area contributed by atoms with Gasteiger partial charge < -0.3 is 25.8 Å². The molecule has 4 N–H and O–H groups in total. The van der Waals surface area contributed by atoms with Crippen molar-refractivity contribution < 1.29 is 24.0 Å². The van der Waals surface area contributed by atoms with Crippen molar-refractivity contribution in [2.24, 2.45) is 0 Å². The molecule has 0 bridgehead atoms. The van der Waals surface area contributed by atoms with E-state index in [0.717, 1.165) is 42.5 Å². The molecule has 206 valence electrons. The molecule has 0 saturated heterocycles. The summed E-state index contributed by atoms with van der Waals surface area (Å²) in [5.74, 6) is 0. The third-order valence-electron chi connectivity index (χ3n) is 6.07. The standard InChI is InChI=1S/C14H18N2O4.C14H20N2O2/c1-13(2,3)20-12(17)15-14(8-9-14)10-4-6-11(7-5-10)16(18)19;1-13(2,3)18-12(17)16-14(8-9-14)10-4-6-11(15)7-5-10/h4-7H,8-9H2,1-3H3,(H,15,17);4-7H,8-9,15H2,1-3H3,(H,16,17). The number of alkyl carbamates (subject to hydrolysis) is 2. The molecule has 0 radical (unpaired) electrons. The van der Waals surface area contributed by atoms with Gasteiger partial charge in [0.15, 0.2) is 0 Å². The number of anilines is 1. The van der Waals surface area contributed by atoms with Crippen LogP contribution in [0, 0.1) is 10.1 Å². The lowest BCUT2D eigenvalue weighted by Gasteiger charge is -2.23. The highest BCUT2D eigenvalue weighted by Crippen LogP contribution is 2.46. The number of nitrogens with two attached hydrogens (primary N) is 1. The monoisotopic (exact) mass is 526 g/mol. The number of nitrogens with one attached hydrogen (secondary N) is 2. The molecule has 4 rings (SSSR count). The fourth-order valence-electron chi connectivity index (χ4n) is 3.92. The topological polar surface area (TPSA) is 146 Å². The summed E-state index contributed by atoms with van der Waals surface area (Å²) >= 11 is 0. The Morgan fingerprint density at radius 1 is 0.763 bits per heavy atom. The number of nitro benzene ring substituents is 1. The quantitative estimate of drug-likeness (QED) is 0.250. The molecule has 38 heavy (non-hydrogen) atoms. The van der Waals surface area contributed by atoms with E-state index in [1.165, 1.54) is 12.1 Å². The molecular weight excluding hydrogens is 488 g/mol. The zero-order chi connectivity index (χ0) is 28.4. The molecule has 10 heteroatoms. The van der Waals surface area contributed by atoms with Crippen LogP contribution in [-0.2, 0) is 20.6 Å². The molecule has 2 aromatic carbocycles. The van der Waals surface area contributed by atoms with Crippen LogP contribution in [0.4, 0.5) is 21.0 Å². The number of benzene rings is 2. The summed E-state index contributed by atoms with van der Waals surface area (Å²) in [6.07, 6.45) is 2.67. The maximum Gasteiger partial charge on any atom is 0.408 e. The summed E-state index contributed by atoms with van der Waals surface area (Å²) in [4.78, 5) is 33.8. The van der Waals surface area contributed by atoms with Gasteiger partial charge in [-0.05, 0) is 103 Å². The Balaban J connectivity index is 0.000000212. The average molecular weight is 527 g/mol. The van der Waals surface area contributed by atoms with Crippen LogP contribution in [0.25, 0.3) is 0 Å². The second kappa shape index (κ2) is 10.5. The normalized spacial score (nSPS) is 16.7. The van der Waals surface area contributed by atoms with Crippen LogP contribution in [0.2, 0.25) is 0 Å². The highest BCUT2D eigenvalue weighted by molar-refractivity contribution is 5.70. The number of hydrogen-bond donors (Lipinski definition) is 3. The van der Waals surface area contributed by atoms with Crippen LogP contribution in [0.15, 0.2) is 48.5 Å². The predicted molar refractivity (Wildman–Crippen MR) is 145 cm³/mol. The smallest absolute Gasteiger partial charge is 0.408 e. The second-order valence-corrected chi connectivity index (χ2v) is 11.8. The second-order valence-electron chi connectivity index (χ2n) is 11.8. The van der Waals surface area contributed by atoms with Crippen LogP contribution in [-0.4, -0.2) is 28.3 Å². The van der Waals surface area contributed by atoms with Crippen molar-refractivity contribution in [3.05, 3.63) is 69.8 Å². The third kappa shape index (κ3) is 8.09. The molecular formula is C28H38N4O6. The zero-order valence-corrected chi connectivity index (χ0v) is 22.9. The number of amides is 2. The van der Waals surface area contributed by atoms with Crippen LogP contribution < -0.4 is 16.4 Å². The highest BCUT2D eigenvalue weighted by atomic mass is 16.6. The Hall–Kier alpha value is -3.82. The Morgan fingerprint density at radius 3 is 1.39 bits per heavy atom. The number of ether oxygens (including phenoxy) is 2. The molecule has 2 aromatic rings. The van der Waals surface area contributed by atoms with E-state index in [1.807, 2.05) is 45.0 Å². The Morgan fingerprint density at radius 2 is 1.11 bits per heavy atom. The van der Waals surface area contributed by atoms with Gasteiger partial charge in [0, 0.05) is 17.8 Å². The lowest BCUT2D eigenvalue weighted by molar-refractivity contribution is -0.384. The van der Waals surface area contributed by atoms with Crippen LogP contribution in [0.1, 0.15) is 78.4 Å². The van der Waals surface area contributed by atoms with Gasteiger partial charge in [-0.3, -0.25) is 10.1 Å². The summed E-state index contributed by atoms with van der Waals surface area (Å²) in [5.41, 5.74) is 6.69. The molecule has 2 aliphatic rings. The van der Waals surface area contributed by atoms with Gasteiger partial charge in [-0.15, -0.1) is 0 Å². The van der Waals surface area contributed by atoms with Gasteiger partial charge in [0.2, 0.25) is 0 Å². The first kappa shape index (κ1) is 28.7. The summed E-state index contributed by atoms with van der Waals surface area (Å²) in [6, 6.07) is 13.9. The minimum atomic E-state index is -0.546. The molecule has 0 heterocycles. The number of non-ortho nitro benzene ring substituents is 1. The Bertz CT molecular complexity index is 1160. The van der Waals surface area contributed by atoms with Crippen LogP contribution in [0.5, 0.6) is 0 Å². The lowest BCUT2D eigenvalue weighted by Crippen LogP contribution is -2.39. The number of carbonyl (C=O) groups is 2. The van der Waals surface area contributed by atoms with Crippen LogP contribution >= 0.6 is 0 Å². The van der Waals surface area contributed by atoms with Crippen molar-refractivity contribution in [3.63, 3.8) is 0 Å². The molecule has 2 aliphatic carbocycles. The van der Waals surface area contributed by atoms with Crippen molar-refractivity contribution in [3.8, 4) is 0 Å². The lowest BCUT2D eigenvalue weighted by atomic mass is 10.0. The van der Waals surface area contributed by atoms with Crippen molar-refractivity contribution in [1.82, 2.24) is 10.6 Å². The molecule has 0 aliphatic heterocycles. The molecule has 0 atom stereocenters. The molecule has 0 aromatic heterocycles. The maximum absolute atomic E-state index is 11.8. The van der Waals surface area contributed by atoms with Gasteiger partial charge in [-0.1, -0.05) is 12.1 Å². The fraction of sp³-hybridized carbons (Fsp3) is 0.500. The number of nitrogens with zero attached hydrogens (tertiary/aromatic N) is 1. The minimum absolute atomic E-state index is 0.0434. The number of nitrogen functional groups attached to an aromatic ring is 1. The summed E-state index contributed by atoms with van der Waals surface area (Å²) < 4.78 is 10.5. The van der Waals surface area contributed by atoms with Crippen molar-refractivity contribution >= 4 is 23.6 Å². The van der Waals surface area contributed by atoms with E-state index in [-0.39, 0.29) is 17.3 Å². The van der Waals surface area contributed by atoms with Gasteiger partial charge in [0.05, 0.1) is 16.0 Å². The van der Waals surface area contributed by atoms with E-state index in [2.05, 4.69) is 10.6 Å². The Labute approximate surface area is 223 Å². The Kier molecular flexibility index (Phi) is 7.95. The highest BCUT2D eigenvalue weighted by Gasteiger charge is 2.47. The van der Waals surface area contributed by atoms with Crippen molar-refractivity contribution in [1.29, 1.82) is 0 Å². The van der Waals surface area contributed by atoms with Crippen molar-refractivity contribution in [2.45, 2.75) is 89.5 Å². The first-order valence-electron chi connectivity index (χ1n) is 12.7. The summed E-state index contributed by atoms with van der Waals surface area (Å²) in [6.45, 7) is 11.0. The molecule has 0 spiro atoms.